The Bertz CT molecular complexity index is 660. The zero-order chi connectivity index (χ0) is 13.4. The largest absolute Gasteiger partial charge is 0.248 e. The van der Waals surface area contributed by atoms with Crippen molar-refractivity contribution >= 4 is 18.5 Å². The number of benzene rings is 2. The monoisotopic (exact) mass is 247 g/mol. The van der Waals surface area contributed by atoms with Gasteiger partial charge in [0.1, 0.15) is 6.04 Å². The van der Waals surface area contributed by atoms with Gasteiger partial charge in [-0.15, -0.1) is 0 Å². The summed E-state index contributed by atoms with van der Waals surface area (Å²) < 4.78 is 2.02. The average molecular weight is 247 g/mol. The van der Waals surface area contributed by atoms with Crippen LogP contribution in [0.5, 0.6) is 0 Å². The Morgan fingerprint density at radius 1 is 1.00 bits per heavy atom. The van der Waals surface area contributed by atoms with E-state index in [0.29, 0.717) is 0 Å². The van der Waals surface area contributed by atoms with E-state index in [1.54, 1.807) is 0 Å². The Morgan fingerprint density at radius 2 is 1.68 bits per heavy atom. The van der Waals surface area contributed by atoms with Crippen molar-refractivity contribution < 1.29 is 4.58 Å². The molecule has 19 heavy (non-hydrogen) atoms. The number of aryl methyl sites for hydroxylation is 2. The number of nitrogens with zero attached hydrogens (tertiary/aromatic N) is 1. The zero-order valence-corrected chi connectivity index (χ0v) is 11.4. The summed E-state index contributed by atoms with van der Waals surface area (Å²) in [6, 6.07) is 16.1. The van der Waals surface area contributed by atoms with Gasteiger partial charge in [0.15, 0.2) is 5.69 Å². The summed E-state index contributed by atoms with van der Waals surface area (Å²) in [6.07, 6.45) is 4.30. The van der Waals surface area contributed by atoms with Gasteiger partial charge in [-0.25, -0.2) is 4.58 Å². The van der Waals surface area contributed by atoms with Crippen LogP contribution in [0.4, 0.5) is 5.69 Å². The summed E-state index contributed by atoms with van der Waals surface area (Å²) in [6.45, 7) is 8.46. The first-order valence-electron chi connectivity index (χ1n) is 6.48. The Kier molecular flexibility index (Phi) is 2.75. The summed E-state index contributed by atoms with van der Waals surface area (Å²) in [5, 5.41) is 0. The van der Waals surface area contributed by atoms with Crippen LogP contribution >= 0.6 is 0 Å². The molecule has 0 saturated carbocycles. The standard InChI is InChI=1S/C18H17N/c1-13-10-14(2)12-16(11-13)18-9-8-15-6-4-5-7-17(15)19(18)3/h4-12H,3H2,1-2H3. The van der Waals surface area contributed by atoms with Gasteiger partial charge in [0.25, 0.3) is 0 Å². The molecule has 0 N–H and O–H groups in total. The summed E-state index contributed by atoms with van der Waals surface area (Å²) in [7, 11) is 0. The van der Waals surface area contributed by atoms with Crippen LogP contribution < -0.4 is 0 Å². The van der Waals surface area contributed by atoms with Crippen molar-refractivity contribution in [2.75, 3.05) is 0 Å². The van der Waals surface area contributed by atoms with Gasteiger partial charge in [-0.1, -0.05) is 53.6 Å². The lowest BCUT2D eigenvalue weighted by Gasteiger charge is -2.22. The van der Waals surface area contributed by atoms with E-state index in [9.17, 15) is 0 Å². The highest BCUT2D eigenvalue weighted by atomic mass is 15.0. The van der Waals surface area contributed by atoms with Gasteiger partial charge in [0.05, 0.1) is 6.72 Å². The quantitative estimate of drug-likeness (QED) is 0.523. The lowest BCUT2D eigenvalue weighted by Crippen LogP contribution is -2.15. The molecule has 1 aliphatic rings. The van der Waals surface area contributed by atoms with Crippen LogP contribution in [0.25, 0.3) is 6.08 Å². The molecule has 0 bridgehead atoms. The first kappa shape index (κ1) is 11.8. The fraction of sp³-hybridized carbons (Fsp3) is 0.111. The average Bonchev–Trinajstić information content (AvgIpc) is 2.38. The summed E-state index contributed by atoms with van der Waals surface area (Å²) in [4.78, 5) is 0. The second-order valence-electron chi connectivity index (χ2n) is 5.08. The van der Waals surface area contributed by atoms with Crippen LogP contribution in [-0.4, -0.2) is 11.3 Å². The summed E-state index contributed by atoms with van der Waals surface area (Å²) >= 11 is 0. The molecule has 3 rings (SSSR count). The van der Waals surface area contributed by atoms with Crippen LogP contribution in [0.2, 0.25) is 0 Å². The molecule has 1 heteroatoms. The van der Waals surface area contributed by atoms with Crippen LogP contribution in [0.3, 0.4) is 0 Å². The van der Waals surface area contributed by atoms with E-state index in [-0.39, 0.29) is 0 Å². The maximum Gasteiger partial charge on any atom is 0.159 e. The Balaban J connectivity index is 2.07. The van der Waals surface area contributed by atoms with Crippen molar-refractivity contribution in [1.29, 1.82) is 0 Å². The molecule has 0 unspecified atom stereocenters. The number of hydrogen-bond acceptors (Lipinski definition) is 0. The van der Waals surface area contributed by atoms with Crippen molar-refractivity contribution in [2.45, 2.75) is 13.8 Å². The minimum absolute atomic E-state index is 1.14. The van der Waals surface area contributed by atoms with Crippen molar-refractivity contribution in [3.63, 3.8) is 0 Å². The van der Waals surface area contributed by atoms with E-state index in [1.165, 1.54) is 22.3 Å². The molecule has 0 radical (unpaired) electrons. The molecule has 1 heterocycles. The predicted molar refractivity (Wildman–Crippen MR) is 80.8 cm³/mol. The van der Waals surface area contributed by atoms with Crippen LogP contribution in [0, 0.1) is 19.9 Å². The molecule has 0 aliphatic carbocycles. The topological polar surface area (TPSA) is 3.01 Å². The van der Waals surface area contributed by atoms with Crippen molar-refractivity contribution in [3.05, 3.63) is 76.8 Å². The summed E-state index contributed by atoms with van der Waals surface area (Å²) in [5.41, 5.74) is 6.15. The molecule has 1 aliphatic heterocycles. The van der Waals surface area contributed by atoms with Crippen LogP contribution in [-0.2, 0) is 0 Å². The molecule has 0 fully saturated rings. The SMILES string of the molecule is C=[N+]1c2ccccc2C=C[C-]1c1cc(C)cc(C)c1. The second-order valence-corrected chi connectivity index (χ2v) is 5.08. The third-order valence-corrected chi connectivity index (χ3v) is 3.46. The van der Waals surface area contributed by atoms with Crippen LogP contribution in [0.15, 0.2) is 48.5 Å². The van der Waals surface area contributed by atoms with Crippen LogP contribution in [0.1, 0.15) is 22.3 Å². The Labute approximate surface area is 114 Å². The van der Waals surface area contributed by atoms with E-state index < -0.39 is 0 Å². The number of hydrogen-bond donors (Lipinski definition) is 0. The molecule has 1 nitrogen and oxygen atoms in total. The van der Waals surface area contributed by atoms with Gasteiger partial charge >= 0.3 is 0 Å². The highest BCUT2D eigenvalue weighted by Gasteiger charge is 2.21. The van der Waals surface area contributed by atoms with E-state index in [1.807, 2.05) is 4.58 Å². The number of rotatable bonds is 1. The van der Waals surface area contributed by atoms with Gasteiger partial charge in [0.2, 0.25) is 0 Å². The number of para-hydroxylation sites is 1. The molecule has 2 aromatic carbocycles. The Morgan fingerprint density at radius 3 is 2.42 bits per heavy atom. The van der Waals surface area contributed by atoms with Gasteiger partial charge in [-0.05, 0) is 37.1 Å². The van der Waals surface area contributed by atoms with E-state index in [2.05, 4.69) is 75.2 Å². The van der Waals surface area contributed by atoms with E-state index in [0.717, 1.165) is 11.7 Å². The third kappa shape index (κ3) is 2.08. The fourth-order valence-electron chi connectivity index (χ4n) is 2.64. The molecule has 94 valence electrons. The van der Waals surface area contributed by atoms with Crippen molar-refractivity contribution in [1.82, 2.24) is 0 Å². The molecule has 2 aromatic rings. The number of fused-ring (bicyclic) bond motifs is 1. The van der Waals surface area contributed by atoms with Gasteiger partial charge in [-0.3, -0.25) is 0 Å². The van der Waals surface area contributed by atoms with Crippen molar-refractivity contribution in [2.24, 2.45) is 0 Å². The van der Waals surface area contributed by atoms with Gasteiger partial charge in [0, 0.05) is 0 Å². The molecular formula is C18H17N. The smallest absolute Gasteiger partial charge is 0.159 e. The molecular weight excluding hydrogens is 230 g/mol. The summed E-state index contributed by atoms with van der Waals surface area (Å²) in [5.74, 6) is 0. The lowest BCUT2D eigenvalue weighted by atomic mass is 9.96. The lowest BCUT2D eigenvalue weighted by molar-refractivity contribution is -0.400. The molecule has 0 amide bonds. The predicted octanol–water partition coefficient (Wildman–Crippen LogP) is 4.26. The fourth-order valence-corrected chi connectivity index (χ4v) is 2.64. The molecule has 0 atom stereocenters. The first-order valence-corrected chi connectivity index (χ1v) is 6.48. The highest BCUT2D eigenvalue weighted by Crippen LogP contribution is 2.33. The van der Waals surface area contributed by atoms with Gasteiger partial charge in [-0.2, -0.15) is 0 Å². The third-order valence-electron chi connectivity index (χ3n) is 3.46. The molecule has 0 spiro atoms. The highest BCUT2D eigenvalue weighted by molar-refractivity contribution is 5.67. The minimum Gasteiger partial charge on any atom is -0.248 e. The maximum atomic E-state index is 4.20. The second kappa shape index (κ2) is 4.43. The normalized spacial score (nSPS) is 13.6. The van der Waals surface area contributed by atoms with Gasteiger partial charge < -0.3 is 0 Å². The van der Waals surface area contributed by atoms with E-state index >= 15 is 0 Å². The first-order chi connectivity index (χ1) is 9.15. The zero-order valence-electron chi connectivity index (χ0n) is 11.4. The Hall–Kier alpha value is -2.28. The molecule has 0 aromatic heterocycles. The maximum absolute atomic E-state index is 4.20. The minimum atomic E-state index is 1.14. The van der Waals surface area contributed by atoms with Crippen molar-refractivity contribution in [3.8, 4) is 0 Å². The van der Waals surface area contributed by atoms with E-state index in [4.69, 9.17) is 0 Å². The molecule has 0 saturated heterocycles.